The van der Waals surface area contributed by atoms with Gasteiger partial charge in [-0.2, -0.15) is 13.2 Å². The Bertz CT molecular complexity index is 993. The van der Waals surface area contributed by atoms with Crippen LogP contribution < -0.4 is 4.90 Å². The maximum Gasteiger partial charge on any atom is 0.416 e. The zero-order valence-electron chi connectivity index (χ0n) is 15.6. The van der Waals surface area contributed by atoms with Gasteiger partial charge in [0.25, 0.3) is 0 Å². The van der Waals surface area contributed by atoms with Crippen molar-refractivity contribution >= 4 is 16.9 Å². The molecule has 0 saturated carbocycles. The van der Waals surface area contributed by atoms with Crippen LogP contribution >= 0.6 is 0 Å². The number of aromatic nitrogens is 3. The molecule has 9 heteroatoms. The van der Waals surface area contributed by atoms with E-state index in [4.69, 9.17) is 4.42 Å². The van der Waals surface area contributed by atoms with Crippen LogP contribution in [0, 0.1) is 13.8 Å². The number of alkyl halides is 3. The summed E-state index contributed by atoms with van der Waals surface area (Å²) in [7, 11) is 0. The van der Waals surface area contributed by atoms with Crippen LogP contribution in [0.15, 0.2) is 28.9 Å². The Kier molecular flexibility index (Phi) is 4.70. The second-order valence-electron chi connectivity index (χ2n) is 6.96. The quantitative estimate of drug-likeness (QED) is 0.680. The largest absolute Gasteiger partial charge is 0.439 e. The third-order valence-corrected chi connectivity index (χ3v) is 5.10. The van der Waals surface area contributed by atoms with E-state index in [0.29, 0.717) is 18.0 Å². The zero-order chi connectivity index (χ0) is 19.9. The van der Waals surface area contributed by atoms with Crippen LogP contribution in [0.5, 0.6) is 0 Å². The molecule has 0 atom stereocenters. The Morgan fingerprint density at radius 3 is 2.54 bits per heavy atom. The fraction of sp³-hybridized carbons (Fsp3) is 0.421. The first-order valence-electron chi connectivity index (χ1n) is 9.03. The molecule has 1 aromatic carbocycles. The highest BCUT2D eigenvalue weighted by molar-refractivity contribution is 5.73. The first-order valence-corrected chi connectivity index (χ1v) is 9.03. The van der Waals surface area contributed by atoms with Crippen molar-refractivity contribution in [1.82, 2.24) is 19.9 Å². The van der Waals surface area contributed by atoms with Gasteiger partial charge in [0.1, 0.15) is 17.7 Å². The molecule has 1 aliphatic rings. The van der Waals surface area contributed by atoms with Crippen molar-refractivity contribution in [2.24, 2.45) is 0 Å². The minimum Gasteiger partial charge on any atom is -0.439 e. The monoisotopic (exact) mass is 391 g/mol. The molecule has 1 saturated heterocycles. The Balaban J connectivity index is 1.43. The van der Waals surface area contributed by atoms with E-state index < -0.39 is 11.7 Å². The van der Waals surface area contributed by atoms with Gasteiger partial charge in [0.05, 0.1) is 12.1 Å². The van der Waals surface area contributed by atoms with Crippen molar-refractivity contribution in [3.63, 3.8) is 0 Å². The number of nitrogens with zero attached hydrogens (tertiary/aromatic N) is 5. The van der Waals surface area contributed by atoms with E-state index in [9.17, 15) is 13.2 Å². The van der Waals surface area contributed by atoms with E-state index >= 15 is 0 Å². The smallest absolute Gasteiger partial charge is 0.416 e. The standard InChI is InChI=1S/C19H20F3N5O/c1-12-13(2)23-11-24-18(12)27-7-5-26(6-8-27)10-17-25-15-9-14(19(20,21)22)3-4-16(15)28-17/h3-4,9,11H,5-8,10H2,1-2H3. The van der Waals surface area contributed by atoms with Crippen LogP contribution in [-0.2, 0) is 12.7 Å². The normalized spacial score (nSPS) is 16.1. The summed E-state index contributed by atoms with van der Waals surface area (Å²) in [5.74, 6) is 1.38. The first-order chi connectivity index (χ1) is 13.3. The number of anilines is 1. The van der Waals surface area contributed by atoms with Crippen LogP contribution in [0.4, 0.5) is 19.0 Å². The SMILES string of the molecule is Cc1ncnc(N2CCN(Cc3nc4cc(C(F)(F)F)ccc4o3)CC2)c1C. The first kappa shape index (κ1) is 18.7. The van der Waals surface area contributed by atoms with Crippen molar-refractivity contribution in [1.29, 1.82) is 0 Å². The van der Waals surface area contributed by atoms with Crippen molar-refractivity contribution < 1.29 is 17.6 Å². The van der Waals surface area contributed by atoms with Gasteiger partial charge in [-0.15, -0.1) is 0 Å². The van der Waals surface area contributed by atoms with E-state index in [2.05, 4.69) is 24.8 Å². The molecule has 3 aromatic rings. The summed E-state index contributed by atoms with van der Waals surface area (Å²) >= 11 is 0. The highest BCUT2D eigenvalue weighted by atomic mass is 19.4. The van der Waals surface area contributed by atoms with E-state index in [1.165, 1.54) is 6.07 Å². The van der Waals surface area contributed by atoms with Gasteiger partial charge in [-0.25, -0.2) is 15.0 Å². The summed E-state index contributed by atoms with van der Waals surface area (Å²) in [6.45, 7) is 7.62. The topological polar surface area (TPSA) is 58.3 Å². The molecule has 1 aliphatic heterocycles. The number of benzene rings is 1. The Morgan fingerprint density at radius 2 is 1.82 bits per heavy atom. The van der Waals surface area contributed by atoms with Gasteiger partial charge in [-0.1, -0.05) is 0 Å². The van der Waals surface area contributed by atoms with Gasteiger partial charge < -0.3 is 9.32 Å². The molecule has 0 bridgehead atoms. The van der Waals surface area contributed by atoms with Gasteiger partial charge in [0, 0.05) is 37.4 Å². The van der Waals surface area contributed by atoms with Gasteiger partial charge in [-0.3, -0.25) is 4.90 Å². The average Bonchev–Trinajstić information content (AvgIpc) is 3.05. The van der Waals surface area contributed by atoms with E-state index in [-0.39, 0.29) is 5.52 Å². The molecule has 0 N–H and O–H groups in total. The number of hydrogen-bond donors (Lipinski definition) is 0. The molecular formula is C19H20F3N5O. The zero-order valence-corrected chi connectivity index (χ0v) is 15.6. The second kappa shape index (κ2) is 7.05. The van der Waals surface area contributed by atoms with Crippen molar-refractivity contribution in [3.8, 4) is 0 Å². The highest BCUT2D eigenvalue weighted by Gasteiger charge is 2.31. The summed E-state index contributed by atoms with van der Waals surface area (Å²) in [5.41, 5.74) is 1.93. The van der Waals surface area contributed by atoms with Crippen molar-refractivity contribution in [3.05, 3.63) is 47.2 Å². The Morgan fingerprint density at radius 1 is 1.07 bits per heavy atom. The van der Waals surface area contributed by atoms with E-state index in [0.717, 1.165) is 55.4 Å². The molecule has 3 heterocycles. The molecule has 0 amide bonds. The van der Waals surface area contributed by atoms with Gasteiger partial charge in [-0.05, 0) is 32.0 Å². The molecule has 2 aromatic heterocycles. The van der Waals surface area contributed by atoms with Crippen LogP contribution in [0.25, 0.3) is 11.1 Å². The summed E-state index contributed by atoms with van der Waals surface area (Å²) in [6, 6.07) is 3.37. The number of oxazole rings is 1. The molecule has 148 valence electrons. The second-order valence-corrected chi connectivity index (χ2v) is 6.96. The third kappa shape index (κ3) is 3.66. The number of hydrogen-bond acceptors (Lipinski definition) is 6. The predicted molar refractivity (Wildman–Crippen MR) is 98.0 cm³/mol. The maximum atomic E-state index is 12.8. The van der Waals surface area contributed by atoms with Crippen LogP contribution in [0.1, 0.15) is 22.7 Å². The molecule has 0 unspecified atom stereocenters. The van der Waals surface area contributed by atoms with Crippen molar-refractivity contribution in [2.45, 2.75) is 26.6 Å². The van der Waals surface area contributed by atoms with E-state index in [1.54, 1.807) is 6.33 Å². The van der Waals surface area contributed by atoms with Crippen LogP contribution in [0.3, 0.4) is 0 Å². The average molecular weight is 391 g/mol. The Hall–Kier alpha value is -2.68. The third-order valence-electron chi connectivity index (χ3n) is 5.10. The molecule has 0 radical (unpaired) electrons. The number of fused-ring (bicyclic) bond motifs is 1. The molecule has 0 aliphatic carbocycles. The molecule has 0 spiro atoms. The summed E-state index contributed by atoms with van der Waals surface area (Å²) in [4.78, 5) is 17.3. The summed E-state index contributed by atoms with van der Waals surface area (Å²) < 4.78 is 44.2. The highest BCUT2D eigenvalue weighted by Crippen LogP contribution is 2.31. The number of aryl methyl sites for hydroxylation is 1. The molecule has 1 fully saturated rings. The molecular weight excluding hydrogens is 371 g/mol. The number of piperazine rings is 1. The lowest BCUT2D eigenvalue weighted by Gasteiger charge is -2.35. The lowest BCUT2D eigenvalue weighted by atomic mass is 10.2. The minimum absolute atomic E-state index is 0.232. The summed E-state index contributed by atoms with van der Waals surface area (Å²) in [6.07, 6.45) is -2.81. The fourth-order valence-electron chi connectivity index (χ4n) is 3.37. The molecule has 4 rings (SSSR count). The predicted octanol–water partition coefficient (Wildman–Crippen LogP) is 3.58. The summed E-state index contributed by atoms with van der Waals surface area (Å²) in [5, 5.41) is 0. The van der Waals surface area contributed by atoms with Gasteiger partial charge in [0.2, 0.25) is 5.89 Å². The maximum absolute atomic E-state index is 12.8. The lowest BCUT2D eigenvalue weighted by molar-refractivity contribution is -0.137. The lowest BCUT2D eigenvalue weighted by Crippen LogP contribution is -2.46. The van der Waals surface area contributed by atoms with Gasteiger partial charge in [0.15, 0.2) is 5.58 Å². The number of halogens is 3. The van der Waals surface area contributed by atoms with E-state index in [1.807, 2.05) is 13.8 Å². The Labute approximate surface area is 160 Å². The van der Waals surface area contributed by atoms with Crippen molar-refractivity contribution in [2.75, 3.05) is 31.1 Å². The van der Waals surface area contributed by atoms with Crippen LogP contribution in [-0.4, -0.2) is 46.0 Å². The van der Waals surface area contributed by atoms with Crippen LogP contribution in [0.2, 0.25) is 0 Å². The number of rotatable bonds is 3. The minimum atomic E-state index is -4.39. The molecule has 6 nitrogen and oxygen atoms in total. The van der Waals surface area contributed by atoms with Gasteiger partial charge >= 0.3 is 6.18 Å². The molecule has 28 heavy (non-hydrogen) atoms. The fourth-order valence-corrected chi connectivity index (χ4v) is 3.37.